The Morgan fingerprint density at radius 3 is 2.62 bits per heavy atom. The molecule has 1 aromatic carbocycles. The minimum Gasteiger partial charge on any atom is -0.494 e. The van der Waals surface area contributed by atoms with Crippen molar-refractivity contribution in [2.24, 2.45) is 0 Å². The van der Waals surface area contributed by atoms with Gasteiger partial charge in [0, 0.05) is 23.6 Å². The summed E-state index contributed by atoms with van der Waals surface area (Å²) < 4.78 is 5.42. The van der Waals surface area contributed by atoms with Gasteiger partial charge in [-0.1, -0.05) is 6.07 Å². The van der Waals surface area contributed by atoms with E-state index in [1.54, 1.807) is 24.5 Å². The van der Waals surface area contributed by atoms with Crippen LogP contribution in [0.15, 0.2) is 67.0 Å². The third-order valence-corrected chi connectivity index (χ3v) is 3.62. The SMILES string of the molecule is CCOc1ccc(Nc2cc(C(=O)NCc3ccccn3)ccn2)cc1. The molecular weight excluding hydrogens is 328 g/mol. The van der Waals surface area contributed by atoms with Crippen molar-refractivity contribution in [3.05, 3.63) is 78.2 Å². The molecular formula is C20H20N4O2. The number of amides is 1. The molecule has 0 saturated carbocycles. The average Bonchev–Trinajstić information content (AvgIpc) is 2.69. The Kier molecular flexibility index (Phi) is 5.77. The second kappa shape index (κ2) is 8.62. The molecule has 0 atom stereocenters. The molecule has 0 saturated heterocycles. The third-order valence-electron chi connectivity index (χ3n) is 3.62. The number of aromatic nitrogens is 2. The van der Waals surface area contributed by atoms with Crippen LogP contribution < -0.4 is 15.4 Å². The normalized spacial score (nSPS) is 10.2. The van der Waals surface area contributed by atoms with Gasteiger partial charge in [-0.2, -0.15) is 0 Å². The van der Waals surface area contributed by atoms with Gasteiger partial charge in [-0.15, -0.1) is 0 Å². The van der Waals surface area contributed by atoms with Gasteiger partial charge >= 0.3 is 0 Å². The van der Waals surface area contributed by atoms with Crippen molar-refractivity contribution in [2.45, 2.75) is 13.5 Å². The monoisotopic (exact) mass is 348 g/mol. The number of carbonyl (C=O) groups is 1. The van der Waals surface area contributed by atoms with Gasteiger partial charge < -0.3 is 15.4 Å². The molecule has 132 valence electrons. The maximum Gasteiger partial charge on any atom is 0.251 e. The van der Waals surface area contributed by atoms with Crippen LogP contribution in [0.4, 0.5) is 11.5 Å². The Balaban J connectivity index is 1.62. The molecule has 0 spiro atoms. The lowest BCUT2D eigenvalue weighted by atomic mass is 10.2. The standard InChI is InChI=1S/C20H20N4O2/c1-2-26-18-8-6-16(7-9-18)24-19-13-15(10-12-22-19)20(25)23-14-17-5-3-4-11-21-17/h3-13H,2,14H2,1H3,(H,22,24)(H,23,25). The van der Waals surface area contributed by atoms with Crippen LogP contribution in [0.5, 0.6) is 5.75 Å². The molecule has 0 fully saturated rings. The second-order valence-corrected chi connectivity index (χ2v) is 5.52. The molecule has 0 unspecified atom stereocenters. The number of nitrogens with one attached hydrogen (secondary N) is 2. The van der Waals surface area contributed by atoms with E-state index in [0.717, 1.165) is 17.1 Å². The summed E-state index contributed by atoms with van der Waals surface area (Å²) in [6, 6.07) is 16.6. The van der Waals surface area contributed by atoms with E-state index < -0.39 is 0 Å². The number of benzene rings is 1. The number of anilines is 2. The Morgan fingerprint density at radius 1 is 1.04 bits per heavy atom. The molecule has 0 aliphatic rings. The van der Waals surface area contributed by atoms with Crippen molar-refractivity contribution in [1.82, 2.24) is 15.3 Å². The Labute approximate surface area is 152 Å². The summed E-state index contributed by atoms with van der Waals surface area (Å²) in [6.07, 6.45) is 3.30. The third kappa shape index (κ3) is 4.80. The van der Waals surface area contributed by atoms with Crippen LogP contribution in [0.2, 0.25) is 0 Å². The van der Waals surface area contributed by atoms with Gasteiger partial charge in [0.15, 0.2) is 0 Å². The van der Waals surface area contributed by atoms with Crippen molar-refractivity contribution < 1.29 is 9.53 Å². The lowest BCUT2D eigenvalue weighted by Gasteiger charge is -2.09. The van der Waals surface area contributed by atoms with Crippen LogP contribution in [0.25, 0.3) is 0 Å². The highest BCUT2D eigenvalue weighted by molar-refractivity contribution is 5.94. The van der Waals surface area contributed by atoms with Gasteiger partial charge in [-0.25, -0.2) is 4.98 Å². The fraction of sp³-hybridized carbons (Fsp3) is 0.150. The summed E-state index contributed by atoms with van der Waals surface area (Å²) in [5.41, 5.74) is 2.21. The lowest BCUT2D eigenvalue weighted by Crippen LogP contribution is -2.23. The maximum absolute atomic E-state index is 12.3. The zero-order chi connectivity index (χ0) is 18.2. The van der Waals surface area contributed by atoms with Gasteiger partial charge in [0.25, 0.3) is 5.91 Å². The van der Waals surface area contributed by atoms with E-state index in [-0.39, 0.29) is 5.91 Å². The van der Waals surface area contributed by atoms with Crippen LogP contribution in [0.3, 0.4) is 0 Å². The van der Waals surface area contributed by atoms with E-state index in [4.69, 9.17) is 4.74 Å². The number of hydrogen-bond acceptors (Lipinski definition) is 5. The topological polar surface area (TPSA) is 76.1 Å². The minimum absolute atomic E-state index is 0.173. The predicted octanol–water partition coefficient (Wildman–Crippen LogP) is 3.55. The van der Waals surface area contributed by atoms with Crippen molar-refractivity contribution in [2.75, 3.05) is 11.9 Å². The number of carbonyl (C=O) groups excluding carboxylic acids is 1. The number of nitrogens with zero attached hydrogens (tertiary/aromatic N) is 2. The van der Waals surface area contributed by atoms with E-state index in [2.05, 4.69) is 20.6 Å². The summed E-state index contributed by atoms with van der Waals surface area (Å²) >= 11 is 0. The first kappa shape index (κ1) is 17.4. The molecule has 2 aromatic heterocycles. The maximum atomic E-state index is 12.3. The predicted molar refractivity (Wildman–Crippen MR) is 101 cm³/mol. The van der Waals surface area contributed by atoms with Crippen LogP contribution >= 0.6 is 0 Å². The molecule has 0 radical (unpaired) electrons. The first-order valence-electron chi connectivity index (χ1n) is 8.38. The molecule has 2 N–H and O–H groups in total. The molecule has 0 bridgehead atoms. The van der Waals surface area contributed by atoms with Gasteiger partial charge in [-0.3, -0.25) is 9.78 Å². The Hall–Kier alpha value is -3.41. The lowest BCUT2D eigenvalue weighted by molar-refractivity contribution is 0.0950. The molecule has 2 heterocycles. The first-order chi connectivity index (χ1) is 12.7. The van der Waals surface area contributed by atoms with Crippen molar-refractivity contribution in [3.8, 4) is 5.75 Å². The largest absolute Gasteiger partial charge is 0.494 e. The zero-order valence-corrected chi connectivity index (χ0v) is 14.5. The van der Waals surface area contributed by atoms with Crippen LogP contribution in [-0.4, -0.2) is 22.5 Å². The second-order valence-electron chi connectivity index (χ2n) is 5.52. The van der Waals surface area contributed by atoms with Gasteiger partial charge in [0.2, 0.25) is 0 Å². The van der Waals surface area contributed by atoms with Gasteiger partial charge in [0.1, 0.15) is 11.6 Å². The number of hydrogen-bond donors (Lipinski definition) is 2. The molecule has 3 aromatic rings. The number of pyridine rings is 2. The summed E-state index contributed by atoms with van der Waals surface area (Å²) in [5, 5.41) is 6.04. The highest BCUT2D eigenvalue weighted by atomic mass is 16.5. The van der Waals surface area contributed by atoms with E-state index in [0.29, 0.717) is 24.5 Å². The fourth-order valence-corrected chi connectivity index (χ4v) is 2.36. The first-order valence-corrected chi connectivity index (χ1v) is 8.38. The van der Waals surface area contributed by atoms with E-state index in [1.807, 2.05) is 49.4 Å². The van der Waals surface area contributed by atoms with Crippen LogP contribution in [0, 0.1) is 0 Å². The highest BCUT2D eigenvalue weighted by Gasteiger charge is 2.07. The van der Waals surface area contributed by atoms with Gasteiger partial charge in [0.05, 0.1) is 18.8 Å². The number of rotatable bonds is 7. The smallest absolute Gasteiger partial charge is 0.251 e. The van der Waals surface area contributed by atoms with Crippen LogP contribution in [-0.2, 0) is 6.54 Å². The summed E-state index contributed by atoms with van der Waals surface area (Å²) in [7, 11) is 0. The van der Waals surface area contributed by atoms with E-state index in [9.17, 15) is 4.79 Å². The molecule has 6 nitrogen and oxygen atoms in total. The molecule has 1 amide bonds. The highest BCUT2D eigenvalue weighted by Crippen LogP contribution is 2.19. The van der Waals surface area contributed by atoms with E-state index in [1.165, 1.54) is 0 Å². The zero-order valence-electron chi connectivity index (χ0n) is 14.5. The minimum atomic E-state index is -0.173. The fourth-order valence-electron chi connectivity index (χ4n) is 2.36. The van der Waals surface area contributed by atoms with Crippen molar-refractivity contribution in [3.63, 3.8) is 0 Å². The quantitative estimate of drug-likeness (QED) is 0.683. The number of ether oxygens (including phenoxy) is 1. The summed E-state index contributed by atoms with van der Waals surface area (Å²) in [4.78, 5) is 20.8. The molecule has 3 rings (SSSR count). The van der Waals surface area contributed by atoms with Gasteiger partial charge in [-0.05, 0) is 55.5 Å². The van der Waals surface area contributed by atoms with E-state index >= 15 is 0 Å². The molecule has 26 heavy (non-hydrogen) atoms. The molecule has 0 aliphatic heterocycles. The Morgan fingerprint density at radius 2 is 1.88 bits per heavy atom. The summed E-state index contributed by atoms with van der Waals surface area (Å²) in [5.74, 6) is 1.24. The average molecular weight is 348 g/mol. The molecule has 0 aliphatic carbocycles. The Bertz CT molecular complexity index is 851. The van der Waals surface area contributed by atoms with Crippen molar-refractivity contribution in [1.29, 1.82) is 0 Å². The summed E-state index contributed by atoms with van der Waals surface area (Å²) in [6.45, 7) is 2.95. The van der Waals surface area contributed by atoms with Crippen LogP contribution in [0.1, 0.15) is 23.0 Å². The van der Waals surface area contributed by atoms with Crippen molar-refractivity contribution >= 4 is 17.4 Å². The molecule has 6 heteroatoms.